The Balaban J connectivity index is 1.66. The Hall–Kier alpha value is -3.07. The maximum atomic E-state index is 12.8. The fourth-order valence-corrected chi connectivity index (χ4v) is 4.63. The van der Waals surface area contributed by atoms with Gasteiger partial charge in [0.2, 0.25) is 0 Å². The summed E-state index contributed by atoms with van der Waals surface area (Å²) in [4.78, 5) is 16.1. The van der Waals surface area contributed by atoms with Crippen molar-refractivity contribution in [2.24, 2.45) is 0 Å². The number of aromatic amines is 1. The van der Waals surface area contributed by atoms with Crippen LogP contribution in [0.4, 0.5) is 5.69 Å². The Morgan fingerprint density at radius 3 is 2.93 bits per heavy atom. The minimum absolute atomic E-state index is 0.0334. The molecule has 2 heterocycles. The maximum Gasteiger partial charge on any atom is 0.256 e. The maximum absolute atomic E-state index is 12.8. The highest BCUT2D eigenvalue weighted by Gasteiger charge is 2.28. The van der Waals surface area contributed by atoms with E-state index >= 15 is 0 Å². The van der Waals surface area contributed by atoms with Gasteiger partial charge in [0.1, 0.15) is 0 Å². The molecule has 1 amide bonds. The van der Waals surface area contributed by atoms with E-state index in [4.69, 9.17) is 0 Å². The number of carbonyl (C=O) groups excluding carboxylic acids is 1. The minimum atomic E-state index is -0.0334. The van der Waals surface area contributed by atoms with Gasteiger partial charge in [-0.05, 0) is 71.2 Å². The number of amides is 1. The van der Waals surface area contributed by atoms with Crippen molar-refractivity contribution in [1.82, 2.24) is 4.98 Å². The molecule has 3 nitrogen and oxygen atoms in total. The first-order valence-corrected chi connectivity index (χ1v) is 10.1. The van der Waals surface area contributed by atoms with E-state index in [-0.39, 0.29) is 5.91 Å². The van der Waals surface area contributed by atoms with E-state index in [1.165, 1.54) is 28.7 Å². The van der Waals surface area contributed by atoms with E-state index in [0.29, 0.717) is 5.92 Å². The number of rotatable bonds is 3. The number of aromatic nitrogens is 1. The van der Waals surface area contributed by atoms with Crippen molar-refractivity contribution in [2.45, 2.75) is 39.0 Å². The van der Waals surface area contributed by atoms with Crippen molar-refractivity contribution in [2.75, 3.05) is 5.32 Å². The van der Waals surface area contributed by atoms with Gasteiger partial charge in [0, 0.05) is 23.1 Å². The number of hydrogen-bond acceptors (Lipinski definition) is 1. The van der Waals surface area contributed by atoms with Crippen LogP contribution < -0.4 is 5.32 Å². The van der Waals surface area contributed by atoms with Crippen molar-refractivity contribution in [3.05, 3.63) is 76.6 Å². The molecule has 1 unspecified atom stereocenters. The van der Waals surface area contributed by atoms with Crippen molar-refractivity contribution >= 4 is 23.2 Å². The summed E-state index contributed by atoms with van der Waals surface area (Å²) in [5, 5.41) is 3.05. The van der Waals surface area contributed by atoms with Crippen LogP contribution >= 0.6 is 0 Å². The molecule has 0 saturated heterocycles. The van der Waals surface area contributed by atoms with Crippen LogP contribution in [0.5, 0.6) is 0 Å². The number of H-pyrrole nitrogens is 1. The third-order valence-electron chi connectivity index (χ3n) is 6.20. The van der Waals surface area contributed by atoms with E-state index in [1.807, 2.05) is 24.4 Å². The first-order valence-electron chi connectivity index (χ1n) is 10.1. The van der Waals surface area contributed by atoms with Gasteiger partial charge in [-0.15, -0.1) is 0 Å². The predicted molar refractivity (Wildman–Crippen MR) is 115 cm³/mol. The van der Waals surface area contributed by atoms with E-state index in [9.17, 15) is 4.79 Å². The molecule has 1 aliphatic heterocycles. The van der Waals surface area contributed by atoms with Gasteiger partial charge < -0.3 is 10.3 Å². The number of anilines is 1. The lowest BCUT2D eigenvalue weighted by Gasteiger charge is -2.11. The Morgan fingerprint density at radius 2 is 2.07 bits per heavy atom. The fourth-order valence-electron chi connectivity index (χ4n) is 4.63. The summed E-state index contributed by atoms with van der Waals surface area (Å²) in [7, 11) is 0. The van der Waals surface area contributed by atoms with Crippen molar-refractivity contribution in [3.63, 3.8) is 0 Å². The summed E-state index contributed by atoms with van der Waals surface area (Å²) in [5.74, 6) is 0.610. The van der Waals surface area contributed by atoms with Crippen molar-refractivity contribution in [1.29, 1.82) is 0 Å². The molecule has 5 rings (SSSR count). The molecule has 2 N–H and O–H groups in total. The highest BCUT2D eigenvalue weighted by Crippen LogP contribution is 2.42. The zero-order valence-corrected chi connectivity index (χ0v) is 16.3. The summed E-state index contributed by atoms with van der Waals surface area (Å²) in [5.41, 5.74) is 10.1. The van der Waals surface area contributed by atoms with E-state index in [0.717, 1.165) is 40.9 Å². The third kappa shape index (κ3) is 2.62. The van der Waals surface area contributed by atoms with E-state index < -0.39 is 0 Å². The Labute approximate surface area is 165 Å². The minimum Gasteiger partial charge on any atom is -0.361 e. The largest absolute Gasteiger partial charge is 0.361 e. The second-order valence-corrected chi connectivity index (χ2v) is 7.86. The van der Waals surface area contributed by atoms with E-state index in [1.54, 1.807) is 0 Å². The summed E-state index contributed by atoms with van der Waals surface area (Å²) in [6, 6.07) is 15.0. The van der Waals surface area contributed by atoms with Crippen LogP contribution in [0, 0.1) is 0 Å². The molecule has 0 spiro atoms. The standard InChI is InChI=1S/C25H24N2O/c1-3-16-11-12-26-23(16)14-21-24-20(5-4-6-22(24)27-25(21)28)18-9-10-19-15(2)7-8-17(19)13-18/h4-6,9-15,26H,3,7-8H2,1-2H3,(H,27,28)/b21-14-. The molecule has 0 bridgehead atoms. The van der Waals surface area contributed by atoms with Crippen LogP contribution in [0.3, 0.4) is 0 Å². The van der Waals surface area contributed by atoms with Gasteiger partial charge in [-0.1, -0.05) is 44.2 Å². The molecular formula is C25H24N2O. The van der Waals surface area contributed by atoms with Crippen molar-refractivity contribution < 1.29 is 4.79 Å². The molecule has 2 aliphatic rings. The Bertz CT molecular complexity index is 1120. The molecule has 0 saturated carbocycles. The number of nitrogens with one attached hydrogen (secondary N) is 2. The van der Waals surface area contributed by atoms with Crippen LogP contribution in [0.25, 0.3) is 22.8 Å². The topological polar surface area (TPSA) is 44.9 Å². The number of carbonyl (C=O) groups is 1. The van der Waals surface area contributed by atoms with Crippen LogP contribution in [-0.4, -0.2) is 10.9 Å². The first kappa shape index (κ1) is 17.1. The lowest BCUT2D eigenvalue weighted by molar-refractivity contribution is -0.110. The monoisotopic (exact) mass is 368 g/mol. The molecule has 3 heteroatoms. The van der Waals surface area contributed by atoms with Gasteiger partial charge >= 0.3 is 0 Å². The SMILES string of the molecule is CCc1cc[nH]c1/C=C1\C(=O)Nc2cccc(-c3ccc4c(c3)CCC4C)c21. The fraction of sp³-hybridized carbons (Fsp3) is 0.240. The second kappa shape index (κ2) is 6.52. The lowest BCUT2D eigenvalue weighted by Crippen LogP contribution is -2.03. The number of benzene rings is 2. The van der Waals surface area contributed by atoms with Gasteiger partial charge in [-0.3, -0.25) is 4.79 Å². The molecule has 1 aliphatic carbocycles. The zero-order valence-electron chi connectivity index (χ0n) is 16.3. The van der Waals surface area contributed by atoms with Gasteiger partial charge in [-0.25, -0.2) is 0 Å². The Morgan fingerprint density at radius 1 is 1.18 bits per heavy atom. The lowest BCUT2D eigenvalue weighted by atomic mass is 9.92. The first-order chi connectivity index (χ1) is 13.7. The molecule has 0 fully saturated rings. The van der Waals surface area contributed by atoms with Gasteiger partial charge in [0.25, 0.3) is 5.91 Å². The molecule has 2 aromatic carbocycles. The summed E-state index contributed by atoms with van der Waals surface area (Å²) < 4.78 is 0. The predicted octanol–water partition coefficient (Wildman–Crippen LogP) is 5.79. The number of aryl methyl sites for hydroxylation is 2. The highest BCUT2D eigenvalue weighted by atomic mass is 16.2. The molecular weight excluding hydrogens is 344 g/mol. The highest BCUT2D eigenvalue weighted by molar-refractivity contribution is 6.36. The van der Waals surface area contributed by atoms with Crippen LogP contribution in [-0.2, 0) is 17.6 Å². The number of fused-ring (bicyclic) bond motifs is 2. The molecule has 28 heavy (non-hydrogen) atoms. The average Bonchev–Trinajstić information content (AvgIpc) is 3.40. The number of hydrogen-bond donors (Lipinski definition) is 2. The smallest absolute Gasteiger partial charge is 0.256 e. The van der Waals surface area contributed by atoms with Crippen molar-refractivity contribution in [3.8, 4) is 11.1 Å². The van der Waals surface area contributed by atoms with Gasteiger partial charge in [0.15, 0.2) is 0 Å². The van der Waals surface area contributed by atoms with Crippen LogP contribution in [0.2, 0.25) is 0 Å². The van der Waals surface area contributed by atoms with Crippen LogP contribution in [0.1, 0.15) is 54.1 Å². The molecule has 1 atom stereocenters. The van der Waals surface area contributed by atoms with E-state index in [2.05, 4.69) is 54.5 Å². The summed E-state index contributed by atoms with van der Waals surface area (Å²) >= 11 is 0. The summed E-state index contributed by atoms with van der Waals surface area (Å²) in [6.07, 6.45) is 7.23. The normalized spacial score (nSPS) is 19.0. The summed E-state index contributed by atoms with van der Waals surface area (Å²) in [6.45, 7) is 4.43. The zero-order chi connectivity index (χ0) is 19.3. The van der Waals surface area contributed by atoms with Crippen LogP contribution in [0.15, 0.2) is 48.7 Å². The second-order valence-electron chi connectivity index (χ2n) is 7.86. The molecule has 3 aromatic rings. The average molecular weight is 368 g/mol. The molecule has 1 aromatic heterocycles. The van der Waals surface area contributed by atoms with Gasteiger partial charge in [0.05, 0.1) is 5.57 Å². The third-order valence-corrected chi connectivity index (χ3v) is 6.20. The quantitative estimate of drug-likeness (QED) is 0.565. The molecule has 0 radical (unpaired) electrons. The Kier molecular flexibility index (Phi) is 3.97. The van der Waals surface area contributed by atoms with Gasteiger partial charge in [-0.2, -0.15) is 0 Å². The molecule has 140 valence electrons.